The van der Waals surface area contributed by atoms with Gasteiger partial charge in [-0.2, -0.15) is 0 Å². The molecule has 0 amide bonds. The Morgan fingerprint density at radius 3 is 2.83 bits per heavy atom. The molecule has 0 unspecified atom stereocenters. The van der Waals surface area contributed by atoms with E-state index in [1.807, 2.05) is 18.2 Å². The number of carbonyl (C=O) groups is 1. The summed E-state index contributed by atoms with van der Waals surface area (Å²) < 4.78 is 16.7. The Morgan fingerprint density at radius 1 is 1.35 bits per heavy atom. The topological polar surface area (TPSA) is 48.0 Å². The van der Waals surface area contributed by atoms with Crippen molar-refractivity contribution in [3.8, 4) is 5.75 Å². The van der Waals surface area contributed by atoms with Gasteiger partial charge in [-0.05, 0) is 43.9 Å². The average molecular weight is 319 g/mol. The molecule has 2 aliphatic heterocycles. The highest BCUT2D eigenvalue weighted by Crippen LogP contribution is 2.33. The Kier molecular flexibility index (Phi) is 4.87. The van der Waals surface area contributed by atoms with Crippen LogP contribution in [0.3, 0.4) is 0 Å². The number of methoxy groups -OCH3 is 1. The summed E-state index contributed by atoms with van der Waals surface area (Å²) in [5.74, 6) is 0.757. The van der Waals surface area contributed by atoms with Gasteiger partial charge in [0.25, 0.3) is 0 Å². The maximum atomic E-state index is 12.4. The van der Waals surface area contributed by atoms with Gasteiger partial charge >= 0.3 is 5.97 Å². The number of carbonyl (C=O) groups excluding carboxylic acids is 1. The van der Waals surface area contributed by atoms with Crippen LogP contribution in [0, 0.1) is 6.92 Å². The SMILES string of the molecule is COC(=O)C1(N2CC[C@@H](Oc3cccc(C)c3)C2)CCOCC1. The van der Waals surface area contributed by atoms with E-state index >= 15 is 0 Å². The average Bonchev–Trinajstić information content (AvgIpc) is 3.03. The smallest absolute Gasteiger partial charge is 0.326 e. The van der Waals surface area contributed by atoms with Gasteiger partial charge < -0.3 is 14.2 Å². The number of nitrogens with zero attached hydrogens (tertiary/aromatic N) is 1. The lowest BCUT2D eigenvalue weighted by molar-refractivity contribution is -0.161. The van der Waals surface area contributed by atoms with Gasteiger partial charge in [0, 0.05) is 26.3 Å². The molecule has 0 bridgehead atoms. The highest BCUT2D eigenvalue weighted by molar-refractivity contribution is 5.81. The van der Waals surface area contributed by atoms with E-state index in [0.29, 0.717) is 26.1 Å². The first-order valence-electron chi connectivity index (χ1n) is 8.28. The molecule has 2 heterocycles. The first-order chi connectivity index (χ1) is 11.1. The molecule has 2 fully saturated rings. The minimum Gasteiger partial charge on any atom is -0.489 e. The van der Waals surface area contributed by atoms with E-state index < -0.39 is 5.54 Å². The summed E-state index contributed by atoms with van der Waals surface area (Å²) in [6.45, 7) is 4.88. The fourth-order valence-electron chi connectivity index (χ4n) is 3.64. The van der Waals surface area contributed by atoms with Crippen LogP contribution >= 0.6 is 0 Å². The zero-order valence-electron chi connectivity index (χ0n) is 13.9. The molecule has 0 saturated carbocycles. The van der Waals surface area contributed by atoms with Gasteiger partial charge in [0.15, 0.2) is 0 Å². The van der Waals surface area contributed by atoms with Crippen LogP contribution in [0.25, 0.3) is 0 Å². The number of rotatable bonds is 4. The third kappa shape index (κ3) is 3.35. The van der Waals surface area contributed by atoms with Crippen molar-refractivity contribution >= 4 is 5.97 Å². The largest absolute Gasteiger partial charge is 0.489 e. The molecule has 1 aromatic carbocycles. The maximum absolute atomic E-state index is 12.4. The summed E-state index contributed by atoms with van der Waals surface area (Å²) >= 11 is 0. The number of hydrogen-bond donors (Lipinski definition) is 0. The molecule has 0 aliphatic carbocycles. The predicted octanol–water partition coefficient (Wildman–Crippen LogP) is 2.17. The molecule has 23 heavy (non-hydrogen) atoms. The Labute approximate surface area is 137 Å². The van der Waals surface area contributed by atoms with Crippen molar-refractivity contribution in [3.05, 3.63) is 29.8 Å². The second kappa shape index (κ2) is 6.89. The van der Waals surface area contributed by atoms with Gasteiger partial charge in [0.2, 0.25) is 0 Å². The van der Waals surface area contributed by atoms with E-state index in [1.165, 1.54) is 12.7 Å². The van der Waals surface area contributed by atoms with E-state index in [1.54, 1.807) is 0 Å². The molecule has 1 aromatic rings. The second-order valence-electron chi connectivity index (χ2n) is 6.43. The molecule has 2 aliphatic rings. The van der Waals surface area contributed by atoms with E-state index in [4.69, 9.17) is 14.2 Å². The van der Waals surface area contributed by atoms with E-state index in [-0.39, 0.29) is 12.1 Å². The highest BCUT2D eigenvalue weighted by atomic mass is 16.5. The molecule has 0 radical (unpaired) electrons. The normalized spacial score (nSPS) is 24.3. The lowest BCUT2D eigenvalue weighted by Gasteiger charge is -2.41. The van der Waals surface area contributed by atoms with Crippen LogP contribution in [0.15, 0.2) is 24.3 Å². The van der Waals surface area contributed by atoms with Crippen molar-refractivity contribution in [2.75, 3.05) is 33.4 Å². The fraction of sp³-hybridized carbons (Fsp3) is 0.611. The second-order valence-corrected chi connectivity index (χ2v) is 6.43. The monoisotopic (exact) mass is 319 g/mol. The van der Waals surface area contributed by atoms with Crippen LogP contribution in [-0.4, -0.2) is 55.9 Å². The van der Waals surface area contributed by atoms with Crippen LogP contribution < -0.4 is 4.74 Å². The van der Waals surface area contributed by atoms with E-state index in [0.717, 1.165) is 25.3 Å². The summed E-state index contributed by atoms with van der Waals surface area (Å²) in [7, 11) is 1.47. The third-order valence-electron chi connectivity index (χ3n) is 4.93. The number of likely N-dealkylation sites (tertiary alicyclic amines) is 1. The minimum atomic E-state index is -0.544. The molecular formula is C18H25NO4. The zero-order valence-corrected chi connectivity index (χ0v) is 13.9. The quantitative estimate of drug-likeness (QED) is 0.796. The summed E-state index contributed by atoms with van der Waals surface area (Å²) in [5, 5.41) is 0. The van der Waals surface area contributed by atoms with Crippen LogP contribution in [0.2, 0.25) is 0 Å². The molecule has 0 N–H and O–H groups in total. The van der Waals surface area contributed by atoms with Crippen molar-refractivity contribution in [2.45, 2.75) is 37.8 Å². The molecule has 2 saturated heterocycles. The lowest BCUT2D eigenvalue weighted by atomic mass is 9.88. The summed E-state index contributed by atoms with van der Waals surface area (Å²) in [6.07, 6.45) is 2.42. The van der Waals surface area contributed by atoms with Crippen molar-refractivity contribution in [1.82, 2.24) is 4.90 Å². The van der Waals surface area contributed by atoms with Gasteiger partial charge in [0.1, 0.15) is 17.4 Å². The van der Waals surface area contributed by atoms with Crippen LogP contribution in [0.4, 0.5) is 0 Å². The molecule has 3 rings (SSSR count). The molecular weight excluding hydrogens is 294 g/mol. The number of aryl methyl sites for hydroxylation is 1. The van der Waals surface area contributed by atoms with Gasteiger partial charge in [-0.15, -0.1) is 0 Å². The van der Waals surface area contributed by atoms with Crippen molar-refractivity contribution in [2.24, 2.45) is 0 Å². The number of ether oxygens (including phenoxy) is 3. The summed E-state index contributed by atoms with van der Waals surface area (Å²) in [6, 6.07) is 8.10. The Bertz CT molecular complexity index is 554. The van der Waals surface area contributed by atoms with Crippen molar-refractivity contribution < 1.29 is 19.0 Å². The minimum absolute atomic E-state index is 0.112. The molecule has 1 atom stereocenters. The molecule has 0 spiro atoms. The molecule has 0 aromatic heterocycles. The maximum Gasteiger partial charge on any atom is 0.326 e. The van der Waals surface area contributed by atoms with Crippen LogP contribution in [-0.2, 0) is 14.3 Å². The summed E-state index contributed by atoms with van der Waals surface area (Å²) in [4.78, 5) is 14.7. The number of esters is 1. The van der Waals surface area contributed by atoms with Crippen LogP contribution in [0.1, 0.15) is 24.8 Å². The lowest BCUT2D eigenvalue weighted by Crippen LogP contribution is -2.57. The van der Waals surface area contributed by atoms with E-state index in [2.05, 4.69) is 17.9 Å². The fourth-order valence-corrected chi connectivity index (χ4v) is 3.64. The summed E-state index contributed by atoms with van der Waals surface area (Å²) in [5.41, 5.74) is 0.644. The van der Waals surface area contributed by atoms with Gasteiger partial charge in [-0.1, -0.05) is 12.1 Å². The Morgan fingerprint density at radius 2 is 2.13 bits per heavy atom. The van der Waals surface area contributed by atoms with Gasteiger partial charge in [-0.3, -0.25) is 9.69 Å². The molecule has 5 heteroatoms. The first-order valence-corrected chi connectivity index (χ1v) is 8.28. The standard InChI is InChI=1S/C18H25NO4/c1-14-4-3-5-15(12-14)23-16-6-9-19(13-16)18(17(20)21-2)7-10-22-11-8-18/h3-5,12,16H,6-11,13H2,1-2H3/t16-/m1/s1. The number of benzene rings is 1. The van der Waals surface area contributed by atoms with Crippen molar-refractivity contribution in [3.63, 3.8) is 0 Å². The highest BCUT2D eigenvalue weighted by Gasteiger charge is 2.48. The number of hydrogen-bond acceptors (Lipinski definition) is 5. The van der Waals surface area contributed by atoms with Crippen molar-refractivity contribution in [1.29, 1.82) is 0 Å². The van der Waals surface area contributed by atoms with E-state index in [9.17, 15) is 4.79 Å². The molecule has 5 nitrogen and oxygen atoms in total. The van der Waals surface area contributed by atoms with Crippen LogP contribution in [0.5, 0.6) is 5.75 Å². The van der Waals surface area contributed by atoms with Gasteiger partial charge in [-0.25, -0.2) is 0 Å². The van der Waals surface area contributed by atoms with Gasteiger partial charge in [0.05, 0.1) is 7.11 Å². The molecule has 126 valence electrons. The Balaban J connectivity index is 1.68. The Hall–Kier alpha value is -1.59. The zero-order chi connectivity index (χ0) is 16.3. The third-order valence-corrected chi connectivity index (χ3v) is 4.93. The first kappa shape index (κ1) is 16.3. The predicted molar refractivity (Wildman–Crippen MR) is 86.6 cm³/mol.